The molecule has 0 aliphatic carbocycles. The Morgan fingerprint density at radius 2 is 2.00 bits per heavy atom. The fraction of sp³-hybridized carbons (Fsp3) is 0.700. The molecule has 0 bridgehead atoms. The van der Waals surface area contributed by atoms with Crippen LogP contribution in [0.3, 0.4) is 0 Å². The first-order chi connectivity index (χ1) is 8.18. The summed E-state index contributed by atoms with van der Waals surface area (Å²) in [6.45, 7) is 3.25. The van der Waals surface area contributed by atoms with Crippen LogP contribution >= 0.6 is 0 Å². The van der Waals surface area contributed by atoms with E-state index in [4.69, 9.17) is 14.2 Å². The molecule has 0 spiro atoms. The Labute approximate surface area is 113 Å². The van der Waals surface area contributed by atoms with Crippen molar-refractivity contribution in [3.8, 4) is 0 Å². The summed E-state index contributed by atoms with van der Waals surface area (Å²) in [6, 6.07) is 0.426. The molecule has 0 aromatic heterocycles. The van der Waals surface area contributed by atoms with Crippen molar-refractivity contribution in [3.05, 3.63) is 12.1 Å². The summed E-state index contributed by atoms with van der Waals surface area (Å²) in [5, 5.41) is 1.94. The number of hydrazine groups is 1. The smallest absolute Gasteiger partial charge is 0.315 e. The van der Waals surface area contributed by atoms with E-state index >= 15 is 0 Å². The Morgan fingerprint density at radius 3 is 2.56 bits per heavy atom. The Bertz CT molecular complexity index is 342. The van der Waals surface area contributed by atoms with Crippen molar-refractivity contribution >= 4 is 6.02 Å². The van der Waals surface area contributed by atoms with Crippen LogP contribution in [0.4, 0.5) is 0 Å². The van der Waals surface area contributed by atoms with Crippen LogP contribution in [-0.2, 0) is 14.2 Å². The predicted molar refractivity (Wildman–Crippen MR) is 61.2 cm³/mol. The minimum atomic E-state index is 0. The number of hydrogen-bond acceptors (Lipinski definition) is 6. The molecular formula is C10H19ClN4O3. The highest BCUT2D eigenvalue weighted by atomic mass is 35.5. The van der Waals surface area contributed by atoms with E-state index in [2.05, 4.69) is 17.5 Å². The number of hydrogen-bond donors (Lipinski definition) is 1. The standard InChI is InChI=1S/C10H19N4O3.ClH/c1-14(4-6-17-7-5-14)13-8-9(15-2)11-10(12-13)16-3;/h8H,4-7H2,1-3H3,(H,11,12);1H/q+1;/p-1. The number of morpholine rings is 1. The van der Waals surface area contributed by atoms with E-state index in [-0.39, 0.29) is 12.4 Å². The van der Waals surface area contributed by atoms with Gasteiger partial charge in [0, 0.05) is 0 Å². The normalized spacial score (nSPS) is 22.1. The quantitative estimate of drug-likeness (QED) is 0.535. The molecule has 0 saturated carbocycles. The van der Waals surface area contributed by atoms with Gasteiger partial charge in [0.15, 0.2) is 0 Å². The van der Waals surface area contributed by atoms with Gasteiger partial charge in [-0.05, 0) is 0 Å². The molecule has 7 nitrogen and oxygen atoms in total. The topological polar surface area (TPSA) is 55.3 Å². The van der Waals surface area contributed by atoms with Crippen LogP contribution in [0.25, 0.3) is 0 Å². The lowest BCUT2D eigenvalue weighted by Crippen LogP contribution is -3.00. The van der Waals surface area contributed by atoms with E-state index in [0.29, 0.717) is 16.5 Å². The minimum absolute atomic E-state index is 0. The largest absolute Gasteiger partial charge is 1.00 e. The number of nitrogens with zero attached hydrogens (tertiary/aromatic N) is 3. The molecule has 1 saturated heterocycles. The fourth-order valence-electron chi connectivity index (χ4n) is 1.79. The number of ether oxygens (including phenoxy) is 3. The Hall–Kier alpha value is -1.18. The number of quaternary nitrogens is 1. The van der Waals surface area contributed by atoms with Crippen molar-refractivity contribution in [3.63, 3.8) is 0 Å². The van der Waals surface area contributed by atoms with Gasteiger partial charge in [-0.25, -0.2) is 5.43 Å². The summed E-state index contributed by atoms with van der Waals surface area (Å²) in [5.41, 5.74) is 3.10. The number of nitrogens with one attached hydrogen (secondary N) is 1. The Balaban J connectivity index is 0.00000162. The second-order valence-electron chi connectivity index (χ2n) is 4.15. The summed E-state index contributed by atoms with van der Waals surface area (Å²) >= 11 is 0. The van der Waals surface area contributed by atoms with Gasteiger partial charge in [0.25, 0.3) is 0 Å². The molecule has 2 rings (SSSR count). The average molecular weight is 279 g/mol. The zero-order valence-electron chi connectivity index (χ0n) is 10.9. The third-order valence-electron chi connectivity index (χ3n) is 3.01. The van der Waals surface area contributed by atoms with Gasteiger partial charge in [-0.2, -0.15) is 9.58 Å². The van der Waals surface area contributed by atoms with Gasteiger partial charge in [0.2, 0.25) is 5.88 Å². The Morgan fingerprint density at radius 1 is 1.33 bits per heavy atom. The maximum atomic E-state index is 5.38. The summed E-state index contributed by atoms with van der Waals surface area (Å²) in [6.07, 6.45) is 1.83. The first kappa shape index (κ1) is 14.9. The van der Waals surface area contributed by atoms with E-state index in [0.717, 1.165) is 26.3 Å². The highest BCUT2D eigenvalue weighted by molar-refractivity contribution is 5.74. The van der Waals surface area contributed by atoms with Crippen LogP contribution in [0.5, 0.6) is 0 Å². The van der Waals surface area contributed by atoms with Crippen LogP contribution in [0.1, 0.15) is 0 Å². The molecule has 104 valence electrons. The molecule has 8 heteroatoms. The Kier molecular flexibility index (Phi) is 5.06. The van der Waals surface area contributed by atoms with E-state index in [1.54, 1.807) is 14.2 Å². The minimum Gasteiger partial charge on any atom is -1.00 e. The third kappa shape index (κ3) is 2.98. The average Bonchev–Trinajstić information content (AvgIpc) is 2.39. The highest BCUT2D eigenvalue weighted by Gasteiger charge is 2.34. The van der Waals surface area contributed by atoms with Crippen LogP contribution in [0, 0.1) is 0 Å². The summed E-state index contributed by atoms with van der Waals surface area (Å²) in [5.74, 6) is 0.520. The first-order valence-electron chi connectivity index (χ1n) is 5.55. The van der Waals surface area contributed by atoms with Gasteiger partial charge < -0.3 is 26.6 Å². The van der Waals surface area contributed by atoms with E-state index in [1.165, 1.54) is 0 Å². The predicted octanol–water partition coefficient (Wildman–Crippen LogP) is -3.35. The van der Waals surface area contributed by atoms with E-state index in [1.807, 2.05) is 11.3 Å². The molecule has 0 aromatic carbocycles. The number of amidine groups is 1. The maximum absolute atomic E-state index is 5.38. The molecule has 0 aromatic rings. The van der Waals surface area contributed by atoms with Crippen molar-refractivity contribution in [2.45, 2.75) is 0 Å². The van der Waals surface area contributed by atoms with Gasteiger partial charge in [0.1, 0.15) is 19.3 Å². The number of halogens is 1. The van der Waals surface area contributed by atoms with E-state index in [9.17, 15) is 0 Å². The monoisotopic (exact) mass is 278 g/mol. The van der Waals surface area contributed by atoms with Crippen molar-refractivity contribution < 1.29 is 31.2 Å². The van der Waals surface area contributed by atoms with Crippen molar-refractivity contribution in [2.75, 3.05) is 47.6 Å². The van der Waals surface area contributed by atoms with Crippen LogP contribution in [0.2, 0.25) is 0 Å². The molecule has 1 fully saturated rings. The molecule has 2 heterocycles. The van der Waals surface area contributed by atoms with Crippen LogP contribution < -0.4 is 17.8 Å². The summed E-state index contributed by atoms with van der Waals surface area (Å²) in [7, 11) is 5.28. The van der Waals surface area contributed by atoms with Crippen LogP contribution in [0.15, 0.2) is 17.1 Å². The molecule has 2 aliphatic heterocycles. The number of aliphatic imine (C=N–C) groups is 1. The lowest BCUT2D eigenvalue weighted by Gasteiger charge is -2.44. The van der Waals surface area contributed by atoms with Crippen molar-refractivity contribution in [1.29, 1.82) is 0 Å². The molecule has 0 amide bonds. The van der Waals surface area contributed by atoms with Gasteiger partial charge >= 0.3 is 6.02 Å². The summed E-state index contributed by atoms with van der Waals surface area (Å²) in [4.78, 5) is 4.13. The molecule has 0 atom stereocenters. The number of likely N-dealkylation sites (N-methyl/N-ethyl adjacent to an activating group) is 1. The molecule has 1 N–H and O–H groups in total. The molecule has 2 aliphatic rings. The van der Waals surface area contributed by atoms with Gasteiger partial charge in [-0.3, -0.25) is 0 Å². The molecule has 0 radical (unpaired) electrons. The van der Waals surface area contributed by atoms with Crippen molar-refractivity contribution in [1.82, 2.24) is 10.5 Å². The zero-order chi connectivity index (χ0) is 12.3. The molecule has 18 heavy (non-hydrogen) atoms. The SMILES string of the molecule is COC1=CN([N+]2(C)CCOCC2)NC(OC)=N1.[Cl-]. The van der Waals surface area contributed by atoms with Gasteiger partial charge in [-0.15, -0.1) is 5.12 Å². The lowest BCUT2D eigenvalue weighted by atomic mass is 10.4. The van der Waals surface area contributed by atoms with Gasteiger partial charge in [-0.1, -0.05) is 0 Å². The van der Waals surface area contributed by atoms with Crippen LogP contribution in [-0.4, -0.2) is 63.3 Å². The fourth-order valence-corrected chi connectivity index (χ4v) is 1.79. The van der Waals surface area contributed by atoms with E-state index < -0.39 is 0 Å². The maximum Gasteiger partial charge on any atom is 0.315 e. The van der Waals surface area contributed by atoms with Gasteiger partial charge in [0.05, 0.1) is 34.5 Å². The number of rotatable bonds is 2. The molecule has 0 unspecified atom stereocenters. The highest BCUT2D eigenvalue weighted by Crippen LogP contribution is 2.16. The lowest BCUT2D eigenvalue weighted by molar-refractivity contribution is -1.02. The van der Waals surface area contributed by atoms with Crippen molar-refractivity contribution in [2.24, 2.45) is 4.99 Å². The second kappa shape index (κ2) is 6.12. The summed E-state index contributed by atoms with van der Waals surface area (Å²) < 4.78 is 16.4. The number of methoxy groups -OCH3 is 2. The first-order valence-corrected chi connectivity index (χ1v) is 5.55. The second-order valence-corrected chi connectivity index (χ2v) is 4.15. The molecular weight excluding hydrogens is 260 g/mol. The zero-order valence-corrected chi connectivity index (χ0v) is 11.6. The third-order valence-corrected chi connectivity index (χ3v) is 3.01.